The van der Waals surface area contributed by atoms with Crippen LogP contribution in [0.4, 0.5) is 10.1 Å². The van der Waals surface area contributed by atoms with Gasteiger partial charge in [-0.15, -0.1) is 0 Å². The van der Waals surface area contributed by atoms with Crippen LogP contribution in [0.5, 0.6) is 0 Å². The highest BCUT2D eigenvalue weighted by Gasteiger charge is 2.44. The standard InChI is InChI=1S/C19H19FN4O3/c20-14-2-4-15(5-3-14)24-13-19(27-11-17(24)25)6-1-9-23(12-19)18(26)16-10-21-7-8-22-16/h2-5,7-8,10H,1,6,9,11-13H2. The lowest BCUT2D eigenvalue weighted by Crippen LogP contribution is -2.62. The van der Waals surface area contributed by atoms with Crippen molar-refractivity contribution < 1.29 is 18.7 Å². The zero-order chi connectivity index (χ0) is 18.9. The van der Waals surface area contributed by atoms with Gasteiger partial charge in [-0.05, 0) is 37.1 Å². The van der Waals surface area contributed by atoms with E-state index >= 15 is 0 Å². The van der Waals surface area contributed by atoms with Crippen molar-refractivity contribution in [3.63, 3.8) is 0 Å². The Labute approximate surface area is 155 Å². The molecule has 3 heterocycles. The van der Waals surface area contributed by atoms with Crippen molar-refractivity contribution >= 4 is 17.5 Å². The van der Waals surface area contributed by atoms with Gasteiger partial charge in [0, 0.05) is 24.6 Å². The lowest BCUT2D eigenvalue weighted by molar-refractivity contribution is -0.144. The number of morpholine rings is 1. The van der Waals surface area contributed by atoms with Gasteiger partial charge < -0.3 is 14.5 Å². The molecule has 0 N–H and O–H groups in total. The number of amides is 2. The van der Waals surface area contributed by atoms with E-state index in [9.17, 15) is 14.0 Å². The average molecular weight is 370 g/mol. The number of anilines is 1. The van der Waals surface area contributed by atoms with Crippen molar-refractivity contribution in [2.75, 3.05) is 31.1 Å². The maximum atomic E-state index is 13.2. The molecule has 0 saturated carbocycles. The van der Waals surface area contributed by atoms with Gasteiger partial charge >= 0.3 is 0 Å². The fourth-order valence-corrected chi connectivity index (χ4v) is 3.66. The van der Waals surface area contributed by atoms with Gasteiger partial charge in [0.2, 0.25) is 0 Å². The molecule has 2 aliphatic rings. The summed E-state index contributed by atoms with van der Waals surface area (Å²) in [5.74, 6) is -0.729. The third kappa shape index (κ3) is 3.52. The molecule has 0 radical (unpaired) electrons. The predicted molar refractivity (Wildman–Crippen MR) is 94.6 cm³/mol. The second-order valence-corrected chi connectivity index (χ2v) is 6.85. The van der Waals surface area contributed by atoms with Crippen LogP contribution in [0.25, 0.3) is 0 Å². The highest BCUT2D eigenvalue weighted by atomic mass is 19.1. The Morgan fingerprint density at radius 1 is 1.19 bits per heavy atom. The molecule has 0 aliphatic carbocycles. The van der Waals surface area contributed by atoms with E-state index in [-0.39, 0.29) is 29.9 Å². The molecule has 2 aliphatic heterocycles. The zero-order valence-electron chi connectivity index (χ0n) is 14.7. The first-order valence-corrected chi connectivity index (χ1v) is 8.82. The molecule has 1 spiro atoms. The van der Waals surface area contributed by atoms with Crippen LogP contribution in [0.3, 0.4) is 0 Å². The molecule has 2 aromatic rings. The van der Waals surface area contributed by atoms with Gasteiger partial charge in [0.25, 0.3) is 11.8 Å². The first-order chi connectivity index (χ1) is 13.1. The summed E-state index contributed by atoms with van der Waals surface area (Å²) >= 11 is 0. The minimum Gasteiger partial charge on any atom is -0.361 e. The van der Waals surface area contributed by atoms with Gasteiger partial charge in [0.15, 0.2) is 0 Å². The van der Waals surface area contributed by atoms with Crippen molar-refractivity contribution in [1.82, 2.24) is 14.9 Å². The van der Waals surface area contributed by atoms with Gasteiger partial charge in [-0.1, -0.05) is 0 Å². The number of aromatic nitrogens is 2. The Balaban J connectivity index is 1.54. The van der Waals surface area contributed by atoms with E-state index in [1.165, 1.54) is 30.7 Å². The summed E-state index contributed by atoms with van der Waals surface area (Å²) in [6, 6.07) is 5.82. The van der Waals surface area contributed by atoms with Gasteiger partial charge in [0.1, 0.15) is 23.7 Å². The SMILES string of the molecule is O=C(c1cnccn1)N1CCCC2(C1)CN(c1ccc(F)cc1)C(=O)CO2. The monoisotopic (exact) mass is 370 g/mol. The van der Waals surface area contributed by atoms with Crippen LogP contribution < -0.4 is 4.90 Å². The molecular weight excluding hydrogens is 351 g/mol. The topological polar surface area (TPSA) is 75.6 Å². The van der Waals surface area contributed by atoms with Gasteiger partial charge in [-0.3, -0.25) is 14.6 Å². The van der Waals surface area contributed by atoms with Crippen LogP contribution in [-0.4, -0.2) is 58.5 Å². The summed E-state index contributed by atoms with van der Waals surface area (Å²) in [7, 11) is 0. The number of benzene rings is 1. The van der Waals surface area contributed by atoms with Crippen LogP contribution >= 0.6 is 0 Å². The number of carbonyl (C=O) groups excluding carboxylic acids is 2. The highest BCUT2D eigenvalue weighted by molar-refractivity contribution is 5.95. The lowest BCUT2D eigenvalue weighted by atomic mass is 9.90. The largest absolute Gasteiger partial charge is 0.361 e. The molecule has 140 valence electrons. The summed E-state index contributed by atoms with van der Waals surface area (Å²) in [6.45, 7) is 1.23. The smallest absolute Gasteiger partial charge is 0.274 e. The fourth-order valence-electron chi connectivity index (χ4n) is 3.66. The minimum absolute atomic E-state index is 0.0649. The van der Waals surface area contributed by atoms with E-state index in [4.69, 9.17) is 4.74 Å². The van der Waals surface area contributed by atoms with Gasteiger partial charge in [0.05, 0.1) is 19.3 Å². The number of halogens is 1. The number of ether oxygens (including phenoxy) is 1. The van der Waals surface area contributed by atoms with Crippen molar-refractivity contribution in [3.05, 3.63) is 54.4 Å². The Morgan fingerprint density at radius 3 is 2.74 bits per heavy atom. The molecule has 2 fully saturated rings. The molecule has 27 heavy (non-hydrogen) atoms. The summed E-state index contributed by atoms with van der Waals surface area (Å²) in [5.41, 5.74) is 0.275. The number of piperidine rings is 1. The molecule has 2 amide bonds. The molecule has 8 heteroatoms. The molecule has 4 rings (SSSR count). The first-order valence-electron chi connectivity index (χ1n) is 8.82. The molecule has 1 unspecified atom stereocenters. The van der Waals surface area contributed by atoms with Crippen LogP contribution in [0.15, 0.2) is 42.9 Å². The van der Waals surface area contributed by atoms with Crippen molar-refractivity contribution in [2.24, 2.45) is 0 Å². The maximum absolute atomic E-state index is 13.2. The maximum Gasteiger partial charge on any atom is 0.274 e. The molecule has 1 atom stereocenters. The molecule has 7 nitrogen and oxygen atoms in total. The number of hydrogen-bond acceptors (Lipinski definition) is 5. The van der Waals surface area contributed by atoms with E-state index in [0.717, 1.165) is 12.8 Å². The van der Waals surface area contributed by atoms with E-state index < -0.39 is 5.60 Å². The Bertz CT molecular complexity index is 846. The van der Waals surface area contributed by atoms with E-state index in [1.54, 1.807) is 21.9 Å². The van der Waals surface area contributed by atoms with Crippen molar-refractivity contribution in [1.29, 1.82) is 0 Å². The molecule has 2 saturated heterocycles. The van der Waals surface area contributed by atoms with Crippen LogP contribution in [-0.2, 0) is 9.53 Å². The van der Waals surface area contributed by atoms with Crippen molar-refractivity contribution in [3.8, 4) is 0 Å². The average Bonchev–Trinajstić information content (AvgIpc) is 2.71. The van der Waals surface area contributed by atoms with Crippen LogP contribution in [0.2, 0.25) is 0 Å². The number of likely N-dealkylation sites (tertiary alicyclic amines) is 1. The van der Waals surface area contributed by atoms with Gasteiger partial charge in [-0.25, -0.2) is 9.37 Å². The van der Waals surface area contributed by atoms with E-state index in [1.807, 2.05) is 0 Å². The number of carbonyl (C=O) groups is 2. The zero-order valence-corrected chi connectivity index (χ0v) is 14.7. The number of rotatable bonds is 2. The second-order valence-electron chi connectivity index (χ2n) is 6.85. The molecule has 0 bridgehead atoms. The second kappa shape index (κ2) is 7.03. The Hall–Kier alpha value is -2.87. The number of nitrogens with zero attached hydrogens (tertiary/aromatic N) is 4. The lowest BCUT2D eigenvalue weighted by Gasteiger charge is -2.47. The van der Waals surface area contributed by atoms with E-state index in [2.05, 4.69) is 9.97 Å². The summed E-state index contributed by atoms with van der Waals surface area (Å²) in [5, 5.41) is 0. The first kappa shape index (κ1) is 17.5. The summed E-state index contributed by atoms with van der Waals surface area (Å²) in [4.78, 5) is 36.4. The Kier molecular flexibility index (Phi) is 4.57. The molecule has 1 aromatic carbocycles. The quantitative estimate of drug-likeness (QED) is 0.804. The third-order valence-electron chi connectivity index (χ3n) is 5.00. The predicted octanol–water partition coefficient (Wildman–Crippen LogP) is 1.65. The summed E-state index contributed by atoms with van der Waals surface area (Å²) < 4.78 is 19.1. The fraction of sp³-hybridized carbons (Fsp3) is 0.368. The van der Waals surface area contributed by atoms with Crippen LogP contribution in [0.1, 0.15) is 23.3 Å². The van der Waals surface area contributed by atoms with Gasteiger partial charge in [-0.2, -0.15) is 0 Å². The Morgan fingerprint density at radius 2 is 2.00 bits per heavy atom. The van der Waals surface area contributed by atoms with Crippen molar-refractivity contribution in [2.45, 2.75) is 18.4 Å². The highest BCUT2D eigenvalue weighted by Crippen LogP contribution is 2.32. The number of hydrogen-bond donors (Lipinski definition) is 0. The normalized spacial score (nSPS) is 22.9. The summed E-state index contributed by atoms with van der Waals surface area (Å²) in [6.07, 6.45) is 5.95. The van der Waals surface area contributed by atoms with E-state index in [0.29, 0.717) is 25.3 Å². The third-order valence-corrected chi connectivity index (χ3v) is 5.00. The molecule has 1 aromatic heterocycles. The molecular formula is C19H19FN4O3. The van der Waals surface area contributed by atoms with Crippen LogP contribution in [0, 0.1) is 5.82 Å². The minimum atomic E-state index is -0.640.